The molecule has 2 fully saturated rings. The summed E-state index contributed by atoms with van der Waals surface area (Å²) in [4.78, 5) is 26.2. The highest BCUT2D eigenvalue weighted by Gasteiger charge is 2.47. The molecule has 1 aromatic heterocycles. The van der Waals surface area contributed by atoms with Gasteiger partial charge in [0, 0.05) is 30.8 Å². The first-order chi connectivity index (χ1) is 14.3. The van der Waals surface area contributed by atoms with Gasteiger partial charge < -0.3 is 19.8 Å². The molecule has 0 unspecified atom stereocenters. The van der Waals surface area contributed by atoms with E-state index < -0.39 is 35.5 Å². The standard InChI is InChI=1S/C20H20F3N3O4/c21-13-7-11(1-2-15(13)27)18(28)24-12-9-20(10-12)3-5-26(6-4-20)19(29)16-8-14(17(22)23)25-30-16/h1-2,7-8,12,17,27H,3-6,9-10H2,(H,24,28). The number of aromatic nitrogens is 1. The molecule has 10 heteroatoms. The van der Waals surface area contributed by atoms with Gasteiger partial charge in [-0.1, -0.05) is 5.16 Å². The largest absolute Gasteiger partial charge is 0.505 e. The Bertz CT molecular complexity index is 962. The SMILES string of the molecule is O=C(NC1CC2(CCN(C(=O)c3cc(C(F)F)no3)CC2)C1)c1ccc(O)c(F)c1. The van der Waals surface area contributed by atoms with E-state index in [1.54, 1.807) is 4.90 Å². The predicted molar refractivity (Wildman–Crippen MR) is 97.6 cm³/mol. The maximum atomic E-state index is 13.4. The number of nitrogens with zero attached hydrogens (tertiary/aromatic N) is 2. The molecule has 2 aromatic rings. The van der Waals surface area contributed by atoms with Crippen LogP contribution >= 0.6 is 0 Å². The minimum absolute atomic E-state index is 0.0183. The van der Waals surface area contributed by atoms with Crippen LogP contribution in [-0.2, 0) is 0 Å². The lowest BCUT2D eigenvalue weighted by molar-refractivity contribution is 0.00726. The third-order valence-corrected chi connectivity index (χ3v) is 5.98. The first-order valence-corrected chi connectivity index (χ1v) is 9.60. The van der Waals surface area contributed by atoms with Crippen molar-refractivity contribution in [3.05, 3.63) is 47.1 Å². The smallest absolute Gasteiger partial charge is 0.292 e. The summed E-state index contributed by atoms with van der Waals surface area (Å²) in [5, 5.41) is 15.3. The number of halogens is 3. The average molecular weight is 423 g/mol. The van der Waals surface area contributed by atoms with E-state index in [0.717, 1.165) is 43.9 Å². The molecule has 2 amide bonds. The number of hydrogen-bond donors (Lipinski definition) is 2. The van der Waals surface area contributed by atoms with E-state index >= 15 is 0 Å². The van der Waals surface area contributed by atoms with Gasteiger partial charge >= 0.3 is 0 Å². The minimum Gasteiger partial charge on any atom is -0.505 e. The number of phenolic OH excluding ortho intramolecular Hbond substituents is 1. The van der Waals surface area contributed by atoms with Gasteiger partial charge in [0.05, 0.1) is 0 Å². The van der Waals surface area contributed by atoms with Crippen LogP contribution in [0, 0.1) is 11.2 Å². The maximum absolute atomic E-state index is 13.4. The van der Waals surface area contributed by atoms with Crippen LogP contribution < -0.4 is 5.32 Å². The number of carbonyl (C=O) groups is 2. The Morgan fingerprint density at radius 2 is 1.93 bits per heavy atom. The van der Waals surface area contributed by atoms with E-state index in [1.165, 1.54) is 6.07 Å². The molecule has 1 aliphatic carbocycles. The van der Waals surface area contributed by atoms with Gasteiger partial charge in [-0.25, -0.2) is 13.2 Å². The quantitative estimate of drug-likeness (QED) is 0.787. The molecule has 1 aliphatic heterocycles. The zero-order chi connectivity index (χ0) is 21.5. The number of carbonyl (C=O) groups excluding carboxylic acids is 2. The molecule has 1 aromatic carbocycles. The first-order valence-electron chi connectivity index (χ1n) is 9.60. The molecule has 0 bridgehead atoms. The Kier molecular flexibility index (Phi) is 5.17. The molecule has 30 heavy (non-hydrogen) atoms. The fourth-order valence-electron chi connectivity index (χ4n) is 4.25. The van der Waals surface area contributed by atoms with Gasteiger partial charge in [0.25, 0.3) is 18.2 Å². The predicted octanol–water partition coefficient (Wildman–Crippen LogP) is 3.27. The summed E-state index contributed by atoms with van der Waals surface area (Å²) >= 11 is 0. The Balaban J connectivity index is 1.27. The van der Waals surface area contributed by atoms with E-state index in [9.17, 15) is 27.9 Å². The van der Waals surface area contributed by atoms with Crippen molar-refractivity contribution in [3.8, 4) is 5.75 Å². The van der Waals surface area contributed by atoms with E-state index in [1.807, 2.05) is 0 Å². The highest BCUT2D eigenvalue weighted by molar-refractivity contribution is 5.94. The molecule has 2 N–H and O–H groups in total. The molecule has 0 atom stereocenters. The summed E-state index contributed by atoms with van der Waals surface area (Å²) < 4.78 is 43.4. The Hall–Kier alpha value is -3.04. The van der Waals surface area contributed by atoms with Gasteiger partial charge in [-0.3, -0.25) is 9.59 Å². The Labute approximate surface area is 169 Å². The van der Waals surface area contributed by atoms with Gasteiger partial charge in [0.15, 0.2) is 17.3 Å². The summed E-state index contributed by atoms with van der Waals surface area (Å²) in [5.41, 5.74) is -0.399. The number of alkyl halides is 2. The molecular weight excluding hydrogens is 403 g/mol. The van der Waals surface area contributed by atoms with Crippen molar-refractivity contribution < 1.29 is 32.4 Å². The van der Waals surface area contributed by atoms with Crippen molar-refractivity contribution in [2.75, 3.05) is 13.1 Å². The number of aromatic hydroxyl groups is 1. The number of hydrogen-bond acceptors (Lipinski definition) is 5. The summed E-state index contributed by atoms with van der Waals surface area (Å²) in [6, 6.07) is 4.41. The fraction of sp³-hybridized carbons (Fsp3) is 0.450. The summed E-state index contributed by atoms with van der Waals surface area (Å²) in [6.45, 7) is 0.931. The monoisotopic (exact) mass is 423 g/mol. The lowest BCUT2D eigenvalue weighted by Crippen LogP contribution is -2.55. The molecule has 160 valence electrons. The molecule has 0 radical (unpaired) electrons. The van der Waals surface area contributed by atoms with E-state index in [4.69, 9.17) is 4.52 Å². The third kappa shape index (κ3) is 3.86. The van der Waals surface area contributed by atoms with Gasteiger partial charge in [-0.15, -0.1) is 0 Å². The Morgan fingerprint density at radius 1 is 1.23 bits per heavy atom. The number of piperidine rings is 1. The van der Waals surface area contributed by atoms with Gasteiger partial charge in [-0.05, 0) is 49.3 Å². The highest BCUT2D eigenvalue weighted by atomic mass is 19.3. The molecule has 4 rings (SSSR count). The molecular formula is C20H20F3N3O4. The topological polar surface area (TPSA) is 95.7 Å². The van der Waals surface area contributed by atoms with Gasteiger partial charge in [-0.2, -0.15) is 0 Å². The normalized spacial score (nSPS) is 18.5. The maximum Gasteiger partial charge on any atom is 0.292 e. The molecule has 7 nitrogen and oxygen atoms in total. The van der Waals surface area contributed by atoms with E-state index in [0.29, 0.717) is 13.1 Å². The zero-order valence-corrected chi connectivity index (χ0v) is 15.9. The van der Waals surface area contributed by atoms with Gasteiger partial charge in [0.2, 0.25) is 5.76 Å². The van der Waals surface area contributed by atoms with Crippen LogP contribution in [0.2, 0.25) is 0 Å². The number of amides is 2. The van der Waals surface area contributed by atoms with Crippen LogP contribution in [-0.4, -0.2) is 46.1 Å². The van der Waals surface area contributed by atoms with Crippen molar-refractivity contribution in [2.45, 2.75) is 38.2 Å². The molecule has 2 aliphatic rings. The van der Waals surface area contributed by atoms with Gasteiger partial charge in [0.1, 0.15) is 0 Å². The summed E-state index contributed by atoms with van der Waals surface area (Å²) in [5.74, 6) is -2.41. The van der Waals surface area contributed by atoms with Crippen LogP contribution in [0.5, 0.6) is 5.75 Å². The molecule has 2 heterocycles. The van der Waals surface area contributed by atoms with Crippen LogP contribution in [0.1, 0.15) is 58.7 Å². The number of rotatable bonds is 4. The molecule has 1 saturated heterocycles. The van der Waals surface area contributed by atoms with Crippen LogP contribution in [0.4, 0.5) is 13.2 Å². The highest BCUT2D eigenvalue weighted by Crippen LogP contribution is 2.49. The van der Waals surface area contributed by atoms with Crippen molar-refractivity contribution in [2.24, 2.45) is 5.41 Å². The van der Waals surface area contributed by atoms with Crippen molar-refractivity contribution in [1.82, 2.24) is 15.4 Å². The first kappa shape index (κ1) is 20.2. The summed E-state index contributed by atoms with van der Waals surface area (Å²) in [7, 11) is 0. The second-order valence-electron chi connectivity index (χ2n) is 7.95. The average Bonchev–Trinajstić information content (AvgIpc) is 3.19. The van der Waals surface area contributed by atoms with Crippen molar-refractivity contribution in [3.63, 3.8) is 0 Å². The zero-order valence-electron chi connectivity index (χ0n) is 15.9. The summed E-state index contributed by atoms with van der Waals surface area (Å²) in [6.07, 6.45) is 0.169. The number of nitrogens with one attached hydrogen (secondary N) is 1. The lowest BCUT2D eigenvalue weighted by Gasteiger charge is -2.52. The van der Waals surface area contributed by atoms with Crippen molar-refractivity contribution >= 4 is 11.8 Å². The van der Waals surface area contributed by atoms with Crippen LogP contribution in [0.25, 0.3) is 0 Å². The fourth-order valence-corrected chi connectivity index (χ4v) is 4.25. The van der Waals surface area contributed by atoms with Crippen molar-refractivity contribution in [1.29, 1.82) is 0 Å². The lowest BCUT2D eigenvalue weighted by atomic mass is 9.60. The molecule has 1 spiro atoms. The number of phenols is 1. The molecule has 1 saturated carbocycles. The number of benzene rings is 1. The van der Waals surface area contributed by atoms with Crippen LogP contribution in [0.3, 0.4) is 0 Å². The number of likely N-dealkylation sites (tertiary alicyclic amines) is 1. The van der Waals surface area contributed by atoms with Crippen LogP contribution in [0.15, 0.2) is 28.8 Å². The second-order valence-corrected chi connectivity index (χ2v) is 7.95. The third-order valence-electron chi connectivity index (χ3n) is 5.98. The Morgan fingerprint density at radius 3 is 2.53 bits per heavy atom. The minimum atomic E-state index is -2.79. The van der Waals surface area contributed by atoms with E-state index in [-0.39, 0.29) is 22.8 Å². The van der Waals surface area contributed by atoms with E-state index in [2.05, 4.69) is 10.5 Å². The second kappa shape index (κ2) is 7.66.